The van der Waals surface area contributed by atoms with Crippen LogP contribution in [0.3, 0.4) is 0 Å². The predicted octanol–water partition coefficient (Wildman–Crippen LogP) is 2.28. The molecule has 0 aromatic heterocycles. The molecule has 0 bridgehead atoms. The van der Waals surface area contributed by atoms with E-state index in [-0.39, 0.29) is 0 Å². The minimum Gasteiger partial charge on any atom is -0.497 e. The van der Waals surface area contributed by atoms with Gasteiger partial charge in [0.05, 0.1) is 14.2 Å². The van der Waals surface area contributed by atoms with Gasteiger partial charge in [0.15, 0.2) is 0 Å². The zero-order valence-electron chi connectivity index (χ0n) is 12.8. The molecule has 1 unspecified atom stereocenters. The van der Waals surface area contributed by atoms with E-state index in [4.69, 9.17) is 9.47 Å². The van der Waals surface area contributed by atoms with Gasteiger partial charge in [-0.3, -0.25) is 4.90 Å². The Morgan fingerprint density at radius 1 is 1.25 bits per heavy atom. The Kier molecular flexibility index (Phi) is 5.68. The van der Waals surface area contributed by atoms with Gasteiger partial charge in [-0.05, 0) is 45.5 Å². The van der Waals surface area contributed by atoms with Gasteiger partial charge in [-0.15, -0.1) is 0 Å². The van der Waals surface area contributed by atoms with Gasteiger partial charge in [0.25, 0.3) is 0 Å². The van der Waals surface area contributed by atoms with Crippen molar-refractivity contribution in [1.82, 2.24) is 10.2 Å². The average molecular weight is 278 g/mol. The highest BCUT2D eigenvalue weighted by Gasteiger charge is 2.14. The fraction of sp³-hybridized carbons (Fsp3) is 0.625. The van der Waals surface area contributed by atoms with Crippen molar-refractivity contribution < 1.29 is 9.47 Å². The molecule has 20 heavy (non-hydrogen) atoms. The first-order valence-corrected chi connectivity index (χ1v) is 7.39. The van der Waals surface area contributed by atoms with E-state index < -0.39 is 0 Å². The maximum absolute atomic E-state index is 5.49. The molecule has 1 aromatic carbocycles. The van der Waals surface area contributed by atoms with Crippen LogP contribution in [0.5, 0.6) is 11.5 Å². The summed E-state index contributed by atoms with van der Waals surface area (Å²) >= 11 is 0. The number of hydrogen-bond donors (Lipinski definition) is 1. The van der Waals surface area contributed by atoms with E-state index in [1.165, 1.54) is 18.4 Å². The first kappa shape index (κ1) is 15.1. The molecule has 0 spiro atoms. The van der Waals surface area contributed by atoms with Gasteiger partial charge >= 0.3 is 0 Å². The molecule has 4 heteroatoms. The molecule has 1 atom stereocenters. The minimum absolute atomic E-state index is 0.607. The third-order valence-corrected chi connectivity index (χ3v) is 3.91. The van der Waals surface area contributed by atoms with E-state index in [2.05, 4.69) is 23.2 Å². The highest BCUT2D eigenvalue weighted by molar-refractivity contribution is 5.40. The number of hydrogen-bond acceptors (Lipinski definition) is 4. The molecular weight excluding hydrogens is 252 g/mol. The van der Waals surface area contributed by atoms with Crippen molar-refractivity contribution >= 4 is 0 Å². The molecule has 1 N–H and O–H groups in total. The fourth-order valence-corrected chi connectivity index (χ4v) is 2.62. The molecular formula is C16H26N2O2. The van der Waals surface area contributed by atoms with E-state index in [0.29, 0.717) is 6.04 Å². The third-order valence-electron chi connectivity index (χ3n) is 3.91. The second-order valence-electron chi connectivity index (χ2n) is 5.45. The molecule has 1 aromatic rings. The van der Waals surface area contributed by atoms with Crippen LogP contribution in [0.15, 0.2) is 18.2 Å². The fourth-order valence-electron chi connectivity index (χ4n) is 2.62. The Labute approximate surface area is 122 Å². The van der Waals surface area contributed by atoms with Gasteiger partial charge in [-0.25, -0.2) is 0 Å². The standard InChI is InChI=1S/C16H26N2O2/c1-13-7-10-18(9-4-8-17-13)12-14-5-6-15(19-2)11-16(14)20-3/h5-6,11,13,17H,4,7-10,12H2,1-3H3. The Bertz CT molecular complexity index is 423. The van der Waals surface area contributed by atoms with Gasteiger partial charge in [0, 0.05) is 24.2 Å². The van der Waals surface area contributed by atoms with Crippen LogP contribution in [0.4, 0.5) is 0 Å². The third kappa shape index (κ3) is 4.12. The van der Waals surface area contributed by atoms with Crippen LogP contribution in [-0.4, -0.2) is 44.8 Å². The number of benzene rings is 1. The number of nitrogens with one attached hydrogen (secondary N) is 1. The van der Waals surface area contributed by atoms with Gasteiger partial charge in [-0.1, -0.05) is 6.07 Å². The Morgan fingerprint density at radius 2 is 2.10 bits per heavy atom. The summed E-state index contributed by atoms with van der Waals surface area (Å²) in [5.74, 6) is 1.76. The van der Waals surface area contributed by atoms with Crippen molar-refractivity contribution in [2.45, 2.75) is 32.4 Å². The second-order valence-corrected chi connectivity index (χ2v) is 5.45. The molecule has 1 aliphatic rings. The number of ether oxygens (including phenoxy) is 2. The lowest BCUT2D eigenvalue weighted by Crippen LogP contribution is -2.38. The topological polar surface area (TPSA) is 33.7 Å². The van der Waals surface area contributed by atoms with Crippen molar-refractivity contribution in [2.24, 2.45) is 0 Å². The molecule has 2 rings (SSSR count). The number of nitrogens with zero attached hydrogens (tertiary/aromatic N) is 1. The summed E-state index contributed by atoms with van der Waals surface area (Å²) in [5, 5.41) is 3.54. The Hall–Kier alpha value is -1.26. The summed E-state index contributed by atoms with van der Waals surface area (Å²) in [6.45, 7) is 6.58. The van der Waals surface area contributed by atoms with Crippen molar-refractivity contribution in [1.29, 1.82) is 0 Å². The molecule has 112 valence electrons. The summed E-state index contributed by atoms with van der Waals surface area (Å²) in [6.07, 6.45) is 2.39. The Balaban J connectivity index is 2.04. The average Bonchev–Trinajstić information content (AvgIpc) is 2.46. The summed E-state index contributed by atoms with van der Waals surface area (Å²) < 4.78 is 10.7. The van der Waals surface area contributed by atoms with Crippen LogP contribution < -0.4 is 14.8 Å². The van der Waals surface area contributed by atoms with Crippen LogP contribution in [0.25, 0.3) is 0 Å². The van der Waals surface area contributed by atoms with Crippen molar-refractivity contribution in [3.63, 3.8) is 0 Å². The molecule has 1 aliphatic heterocycles. The first-order chi connectivity index (χ1) is 9.72. The zero-order valence-corrected chi connectivity index (χ0v) is 12.8. The smallest absolute Gasteiger partial charge is 0.127 e. The van der Waals surface area contributed by atoms with Gasteiger partial charge < -0.3 is 14.8 Å². The van der Waals surface area contributed by atoms with E-state index in [0.717, 1.165) is 37.7 Å². The first-order valence-electron chi connectivity index (χ1n) is 7.39. The van der Waals surface area contributed by atoms with E-state index in [1.54, 1.807) is 14.2 Å². The highest BCUT2D eigenvalue weighted by Crippen LogP contribution is 2.26. The van der Waals surface area contributed by atoms with E-state index in [1.807, 2.05) is 12.1 Å². The molecule has 0 saturated carbocycles. The maximum Gasteiger partial charge on any atom is 0.127 e. The Morgan fingerprint density at radius 3 is 2.85 bits per heavy atom. The molecule has 0 radical (unpaired) electrons. The van der Waals surface area contributed by atoms with Crippen LogP contribution in [0, 0.1) is 0 Å². The number of methoxy groups -OCH3 is 2. The monoisotopic (exact) mass is 278 g/mol. The normalized spacial score (nSPS) is 21.1. The molecule has 1 fully saturated rings. The van der Waals surface area contributed by atoms with E-state index >= 15 is 0 Å². The van der Waals surface area contributed by atoms with Crippen LogP contribution in [0.2, 0.25) is 0 Å². The van der Waals surface area contributed by atoms with Crippen molar-refractivity contribution in [3.8, 4) is 11.5 Å². The minimum atomic E-state index is 0.607. The second kappa shape index (κ2) is 7.50. The summed E-state index contributed by atoms with van der Waals surface area (Å²) in [6, 6.07) is 6.68. The molecule has 0 aliphatic carbocycles. The van der Waals surface area contributed by atoms with E-state index in [9.17, 15) is 0 Å². The highest BCUT2D eigenvalue weighted by atomic mass is 16.5. The van der Waals surface area contributed by atoms with Gasteiger partial charge in [-0.2, -0.15) is 0 Å². The molecule has 1 heterocycles. The summed E-state index contributed by atoms with van der Waals surface area (Å²) in [5.41, 5.74) is 1.23. The predicted molar refractivity (Wildman–Crippen MR) is 81.5 cm³/mol. The van der Waals surface area contributed by atoms with Gasteiger partial charge in [0.1, 0.15) is 11.5 Å². The molecule has 0 amide bonds. The quantitative estimate of drug-likeness (QED) is 0.916. The van der Waals surface area contributed by atoms with Crippen molar-refractivity contribution in [3.05, 3.63) is 23.8 Å². The van der Waals surface area contributed by atoms with Gasteiger partial charge in [0.2, 0.25) is 0 Å². The molecule has 4 nitrogen and oxygen atoms in total. The molecule has 1 saturated heterocycles. The zero-order chi connectivity index (χ0) is 14.4. The van der Waals surface area contributed by atoms with Crippen LogP contribution in [0.1, 0.15) is 25.3 Å². The lowest BCUT2D eigenvalue weighted by molar-refractivity contribution is 0.226. The lowest BCUT2D eigenvalue weighted by atomic mass is 10.1. The summed E-state index contributed by atoms with van der Waals surface area (Å²) in [4.78, 5) is 2.52. The van der Waals surface area contributed by atoms with Crippen LogP contribution in [-0.2, 0) is 6.54 Å². The maximum atomic E-state index is 5.49. The lowest BCUT2D eigenvalue weighted by Gasteiger charge is -2.28. The summed E-state index contributed by atoms with van der Waals surface area (Å²) in [7, 11) is 3.40. The SMILES string of the molecule is COc1ccc(CN2CCCNC(C)CC2)c(OC)c1. The number of rotatable bonds is 4. The van der Waals surface area contributed by atoms with Crippen LogP contribution >= 0.6 is 0 Å². The van der Waals surface area contributed by atoms with Crippen molar-refractivity contribution in [2.75, 3.05) is 33.9 Å². The largest absolute Gasteiger partial charge is 0.497 e.